The summed E-state index contributed by atoms with van der Waals surface area (Å²) in [6.45, 7) is -0.440. The zero-order valence-corrected chi connectivity index (χ0v) is 18.9. The number of alkyl halides is 3. The fraction of sp³-hybridized carbons (Fsp3) is 0.136. The van der Waals surface area contributed by atoms with Gasteiger partial charge in [0.15, 0.2) is 0 Å². The average molecular weight is 501 g/mol. The van der Waals surface area contributed by atoms with Gasteiger partial charge in [0, 0.05) is 18.2 Å². The van der Waals surface area contributed by atoms with Gasteiger partial charge in [0.05, 0.1) is 12.8 Å². The lowest BCUT2D eigenvalue weighted by molar-refractivity contribution is 0.164. The van der Waals surface area contributed by atoms with Crippen LogP contribution >= 0.6 is 34.8 Å². The highest BCUT2D eigenvalue weighted by molar-refractivity contribution is 6.67. The molecule has 0 heterocycles. The molecule has 10 heteroatoms. The van der Waals surface area contributed by atoms with E-state index in [1.165, 1.54) is 30.3 Å². The van der Waals surface area contributed by atoms with E-state index in [1.54, 1.807) is 43.5 Å². The molecule has 3 rings (SSSR count). The van der Waals surface area contributed by atoms with Gasteiger partial charge in [-0.15, -0.1) is 0 Å². The van der Waals surface area contributed by atoms with Crippen LogP contribution in [0, 0.1) is 5.82 Å². The topological polar surface area (TPSA) is 66.0 Å². The number of carbonyl (C=O) groups excluding carboxylic acids is 1. The lowest BCUT2D eigenvalue weighted by Gasteiger charge is -2.14. The average Bonchev–Trinajstić information content (AvgIpc) is 2.74. The van der Waals surface area contributed by atoms with E-state index in [0.29, 0.717) is 34.4 Å². The summed E-state index contributed by atoms with van der Waals surface area (Å²) in [4.78, 5) is 12.1. The van der Waals surface area contributed by atoms with E-state index in [1.807, 2.05) is 0 Å². The van der Waals surface area contributed by atoms with Gasteiger partial charge in [0.2, 0.25) is 3.79 Å². The molecular formula is C22H17Cl3FNO5. The van der Waals surface area contributed by atoms with Gasteiger partial charge in [-0.2, -0.15) is 0 Å². The van der Waals surface area contributed by atoms with Crippen molar-refractivity contribution in [3.8, 4) is 28.7 Å². The number of anilines is 1. The highest BCUT2D eigenvalue weighted by atomic mass is 35.6. The zero-order chi connectivity index (χ0) is 23.1. The summed E-state index contributed by atoms with van der Waals surface area (Å²) >= 11 is 16.8. The van der Waals surface area contributed by atoms with Gasteiger partial charge in [-0.05, 0) is 48.5 Å². The van der Waals surface area contributed by atoms with E-state index in [-0.39, 0.29) is 0 Å². The van der Waals surface area contributed by atoms with Crippen LogP contribution in [0.3, 0.4) is 0 Å². The zero-order valence-electron chi connectivity index (χ0n) is 16.6. The number of halogens is 4. The summed E-state index contributed by atoms with van der Waals surface area (Å²) in [7, 11) is 1.56. The van der Waals surface area contributed by atoms with Crippen molar-refractivity contribution in [2.75, 3.05) is 19.0 Å². The first-order valence-corrected chi connectivity index (χ1v) is 10.2. The van der Waals surface area contributed by atoms with Gasteiger partial charge in [-0.3, -0.25) is 5.32 Å². The Bertz CT molecular complexity index is 1060. The molecule has 0 fully saturated rings. The Labute approximate surface area is 198 Å². The van der Waals surface area contributed by atoms with Crippen molar-refractivity contribution in [2.24, 2.45) is 0 Å². The summed E-state index contributed by atoms with van der Waals surface area (Å²) in [5.41, 5.74) is 0.294. The number of rotatable bonds is 7. The summed E-state index contributed by atoms with van der Waals surface area (Å²) in [5.74, 6) is 1.86. The SMILES string of the molecule is COc1ccc(Oc2cc(NC(=O)OCC(Cl)(Cl)Cl)cc(Oc3ccc(F)cc3)c2)cc1. The fourth-order valence-corrected chi connectivity index (χ4v) is 2.65. The number of hydrogen-bond acceptors (Lipinski definition) is 5. The Hall–Kier alpha value is -2.87. The minimum absolute atomic E-state index is 0.294. The van der Waals surface area contributed by atoms with E-state index >= 15 is 0 Å². The van der Waals surface area contributed by atoms with Crippen molar-refractivity contribution in [2.45, 2.75) is 3.79 Å². The Kier molecular flexibility index (Phi) is 7.90. The van der Waals surface area contributed by atoms with Crippen molar-refractivity contribution < 1.29 is 28.1 Å². The molecule has 32 heavy (non-hydrogen) atoms. The molecule has 1 N–H and O–H groups in total. The smallest absolute Gasteiger partial charge is 0.411 e. The summed E-state index contributed by atoms with van der Waals surface area (Å²) < 4.78 is 33.1. The van der Waals surface area contributed by atoms with E-state index in [4.69, 9.17) is 53.8 Å². The molecular weight excluding hydrogens is 484 g/mol. The van der Waals surface area contributed by atoms with E-state index in [2.05, 4.69) is 5.32 Å². The maximum Gasteiger partial charge on any atom is 0.411 e. The highest BCUT2D eigenvalue weighted by Gasteiger charge is 2.22. The monoisotopic (exact) mass is 499 g/mol. The second-order valence-corrected chi connectivity index (χ2v) is 8.86. The number of hydrogen-bond donors (Lipinski definition) is 1. The fourth-order valence-electron chi connectivity index (χ4n) is 2.48. The quantitative estimate of drug-likeness (QED) is 0.344. The second kappa shape index (κ2) is 10.6. The van der Waals surface area contributed by atoms with Crippen LogP contribution < -0.4 is 19.5 Å². The molecule has 3 aromatic rings. The largest absolute Gasteiger partial charge is 0.497 e. The van der Waals surface area contributed by atoms with E-state index < -0.39 is 22.3 Å². The van der Waals surface area contributed by atoms with Crippen LogP contribution in [0.4, 0.5) is 14.9 Å². The maximum atomic E-state index is 13.2. The Morgan fingerprint density at radius 1 is 0.844 bits per heavy atom. The standard InChI is InChI=1S/C22H17Cl3FNO5/c1-29-16-6-8-18(9-7-16)32-20-11-15(27-21(28)30-13-22(23,24)25)10-19(12-20)31-17-4-2-14(26)3-5-17/h2-12H,13H2,1H3,(H,27,28). The van der Waals surface area contributed by atoms with Crippen molar-refractivity contribution in [3.63, 3.8) is 0 Å². The molecule has 0 bridgehead atoms. The van der Waals surface area contributed by atoms with Gasteiger partial charge < -0.3 is 18.9 Å². The number of amides is 1. The van der Waals surface area contributed by atoms with Crippen LogP contribution in [0.25, 0.3) is 0 Å². The number of benzene rings is 3. The molecule has 0 atom stereocenters. The van der Waals surface area contributed by atoms with Gasteiger partial charge in [0.25, 0.3) is 0 Å². The molecule has 0 aliphatic heterocycles. The molecule has 0 spiro atoms. The van der Waals surface area contributed by atoms with Crippen molar-refractivity contribution >= 4 is 46.6 Å². The number of ether oxygens (including phenoxy) is 4. The molecule has 0 aliphatic carbocycles. The van der Waals surface area contributed by atoms with Crippen molar-refractivity contribution in [1.29, 1.82) is 0 Å². The molecule has 1 amide bonds. The van der Waals surface area contributed by atoms with Crippen molar-refractivity contribution in [3.05, 3.63) is 72.5 Å². The first-order valence-electron chi connectivity index (χ1n) is 9.11. The molecule has 0 unspecified atom stereocenters. The molecule has 168 valence electrons. The van der Waals surface area contributed by atoms with Crippen LogP contribution in [0.5, 0.6) is 28.7 Å². The van der Waals surface area contributed by atoms with Crippen LogP contribution in [-0.2, 0) is 4.74 Å². The van der Waals surface area contributed by atoms with Crippen LogP contribution in [-0.4, -0.2) is 23.6 Å². The third kappa shape index (κ3) is 7.67. The number of methoxy groups -OCH3 is 1. The van der Waals surface area contributed by atoms with Gasteiger partial charge in [-0.25, -0.2) is 9.18 Å². The summed E-state index contributed by atoms with van der Waals surface area (Å²) in [5, 5.41) is 2.52. The van der Waals surface area contributed by atoms with Crippen molar-refractivity contribution in [1.82, 2.24) is 0 Å². The lowest BCUT2D eigenvalue weighted by Crippen LogP contribution is -2.21. The minimum Gasteiger partial charge on any atom is -0.497 e. The van der Waals surface area contributed by atoms with E-state index in [9.17, 15) is 9.18 Å². The third-order valence-electron chi connectivity index (χ3n) is 3.84. The first kappa shape index (κ1) is 23.8. The molecule has 0 saturated carbocycles. The van der Waals surface area contributed by atoms with Crippen LogP contribution in [0.15, 0.2) is 66.7 Å². The van der Waals surface area contributed by atoms with Gasteiger partial charge in [-0.1, -0.05) is 34.8 Å². The number of carbonyl (C=O) groups is 1. The lowest BCUT2D eigenvalue weighted by atomic mass is 10.2. The maximum absolute atomic E-state index is 13.2. The molecule has 3 aromatic carbocycles. The molecule has 0 aromatic heterocycles. The number of nitrogens with one attached hydrogen (secondary N) is 1. The third-order valence-corrected chi connectivity index (χ3v) is 4.17. The molecule has 0 radical (unpaired) electrons. The van der Waals surface area contributed by atoms with Crippen LogP contribution in [0.1, 0.15) is 0 Å². The summed E-state index contributed by atoms with van der Waals surface area (Å²) in [6, 6.07) is 17.1. The molecule has 0 saturated heterocycles. The van der Waals surface area contributed by atoms with E-state index in [0.717, 1.165) is 0 Å². The first-order chi connectivity index (χ1) is 15.2. The predicted molar refractivity (Wildman–Crippen MR) is 121 cm³/mol. The Morgan fingerprint density at radius 3 is 1.84 bits per heavy atom. The Morgan fingerprint density at radius 2 is 1.34 bits per heavy atom. The van der Waals surface area contributed by atoms with Gasteiger partial charge >= 0.3 is 6.09 Å². The second-order valence-electron chi connectivity index (χ2n) is 6.34. The normalized spacial score (nSPS) is 10.9. The van der Waals surface area contributed by atoms with Gasteiger partial charge in [0.1, 0.15) is 41.2 Å². The predicted octanol–water partition coefficient (Wildman–Crippen LogP) is 7.34. The van der Waals surface area contributed by atoms with Crippen LogP contribution in [0.2, 0.25) is 0 Å². The summed E-state index contributed by atoms with van der Waals surface area (Å²) in [6.07, 6.45) is -0.842. The minimum atomic E-state index is -1.74. The Balaban J connectivity index is 1.82. The molecule has 0 aliphatic rings. The highest BCUT2D eigenvalue weighted by Crippen LogP contribution is 2.33. The molecule has 6 nitrogen and oxygen atoms in total.